The third-order valence-corrected chi connectivity index (χ3v) is 5.50. The molecule has 3 aromatic rings. The average Bonchev–Trinajstić information content (AvgIpc) is 3.07. The first kappa shape index (κ1) is 16.7. The van der Waals surface area contributed by atoms with Gasteiger partial charge in [0.25, 0.3) is 0 Å². The quantitative estimate of drug-likeness (QED) is 0.549. The van der Waals surface area contributed by atoms with Crippen LogP contribution in [0.3, 0.4) is 0 Å². The first-order chi connectivity index (χ1) is 12.7. The molecule has 26 heavy (non-hydrogen) atoms. The van der Waals surface area contributed by atoms with Crippen LogP contribution in [0.2, 0.25) is 0 Å². The van der Waals surface area contributed by atoms with Crippen molar-refractivity contribution in [1.29, 1.82) is 0 Å². The van der Waals surface area contributed by atoms with Crippen molar-refractivity contribution in [2.24, 2.45) is 5.10 Å². The number of thioether (sulfide) groups is 1. The van der Waals surface area contributed by atoms with Gasteiger partial charge in [-0.05, 0) is 46.9 Å². The zero-order valence-corrected chi connectivity index (χ0v) is 15.6. The fourth-order valence-electron chi connectivity index (χ4n) is 2.95. The fraction of sp³-hybridized carbons (Fsp3) is 0.143. The van der Waals surface area contributed by atoms with Gasteiger partial charge in [-0.15, -0.1) is 0 Å². The van der Waals surface area contributed by atoms with Gasteiger partial charge in [0.05, 0.1) is 17.1 Å². The molecular formula is C21H20N4S. The van der Waals surface area contributed by atoms with Gasteiger partial charge in [-0.1, -0.05) is 54.2 Å². The molecule has 0 saturated heterocycles. The molecule has 4 rings (SSSR count). The molecule has 0 spiro atoms. The highest BCUT2D eigenvalue weighted by Crippen LogP contribution is 2.35. The van der Waals surface area contributed by atoms with Crippen molar-refractivity contribution in [2.45, 2.75) is 12.4 Å². The van der Waals surface area contributed by atoms with Gasteiger partial charge in [0.2, 0.25) is 0 Å². The van der Waals surface area contributed by atoms with E-state index in [0.29, 0.717) is 0 Å². The Bertz CT molecular complexity index is 981. The molecule has 0 amide bonds. The Hall–Kier alpha value is -2.79. The van der Waals surface area contributed by atoms with E-state index < -0.39 is 0 Å². The summed E-state index contributed by atoms with van der Waals surface area (Å²) in [5.74, 6) is 0. The number of aromatic nitrogens is 1. The van der Waals surface area contributed by atoms with Crippen LogP contribution in [0.25, 0.3) is 16.5 Å². The van der Waals surface area contributed by atoms with Crippen LogP contribution >= 0.6 is 11.8 Å². The second kappa shape index (κ2) is 7.22. The van der Waals surface area contributed by atoms with E-state index in [4.69, 9.17) is 0 Å². The third kappa shape index (κ3) is 3.30. The highest BCUT2D eigenvalue weighted by Gasteiger charge is 2.24. The van der Waals surface area contributed by atoms with Crippen LogP contribution in [-0.2, 0) is 0 Å². The molecule has 0 bridgehead atoms. The summed E-state index contributed by atoms with van der Waals surface area (Å²) < 4.78 is 0. The minimum Gasteiger partial charge on any atom is -0.344 e. The summed E-state index contributed by atoms with van der Waals surface area (Å²) in [6, 6.07) is 20.9. The molecule has 0 fully saturated rings. The average molecular weight is 360 g/mol. The number of pyridine rings is 1. The number of nitrogens with zero attached hydrogens (tertiary/aromatic N) is 3. The Labute approximate surface area is 157 Å². The topological polar surface area (TPSA) is 40.5 Å². The number of fused-ring (bicyclic) bond motifs is 1. The Balaban J connectivity index is 1.49. The smallest absolute Gasteiger partial charge is 0.167 e. The Morgan fingerprint density at radius 3 is 2.69 bits per heavy atom. The maximum absolute atomic E-state index is 4.51. The second-order valence-electron chi connectivity index (χ2n) is 6.21. The molecule has 130 valence electrons. The van der Waals surface area contributed by atoms with Crippen LogP contribution in [0.4, 0.5) is 0 Å². The van der Waals surface area contributed by atoms with Gasteiger partial charge >= 0.3 is 0 Å². The maximum Gasteiger partial charge on any atom is 0.167 e. The van der Waals surface area contributed by atoms with Gasteiger partial charge < -0.3 is 4.90 Å². The Morgan fingerprint density at radius 2 is 1.88 bits per heavy atom. The van der Waals surface area contributed by atoms with E-state index in [0.717, 1.165) is 11.4 Å². The Morgan fingerprint density at radius 1 is 1.08 bits per heavy atom. The molecular weight excluding hydrogens is 340 g/mol. The largest absolute Gasteiger partial charge is 0.344 e. The van der Waals surface area contributed by atoms with Crippen molar-refractivity contribution in [3.63, 3.8) is 0 Å². The number of hydrogen-bond acceptors (Lipinski definition) is 5. The molecule has 1 aliphatic rings. The first-order valence-electron chi connectivity index (χ1n) is 8.51. The van der Waals surface area contributed by atoms with Gasteiger partial charge in [-0.2, -0.15) is 5.10 Å². The summed E-state index contributed by atoms with van der Waals surface area (Å²) in [6.07, 6.45) is 1.78. The lowest BCUT2D eigenvalue weighted by Gasteiger charge is -2.24. The number of rotatable bonds is 4. The first-order valence-corrected chi connectivity index (χ1v) is 9.45. The number of hydrazone groups is 1. The predicted molar refractivity (Wildman–Crippen MR) is 111 cm³/mol. The second-order valence-corrected chi connectivity index (χ2v) is 7.16. The van der Waals surface area contributed by atoms with E-state index >= 15 is 0 Å². The zero-order chi connectivity index (χ0) is 17.9. The number of hydrogen-bond donors (Lipinski definition) is 1. The number of benzene rings is 2. The van der Waals surface area contributed by atoms with Crippen LogP contribution in [0.1, 0.15) is 18.2 Å². The molecule has 1 N–H and O–H groups in total. The minimum atomic E-state index is 0.0649. The monoisotopic (exact) mass is 360 g/mol. The van der Waals surface area contributed by atoms with Crippen molar-refractivity contribution in [3.05, 3.63) is 83.5 Å². The van der Waals surface area contributed by atoms with E-state index in [2.05, 4.69) is 75.3 Å². The molecule has 1 aliphatic heterocycles. The van der Waals surface area contributed by atoms with E-state index in [1.165, 1.54) is 22.0 Å². The third-order valence-electron chi connectivity index (χ3n) is 4.46. The lowest BCUT2D eigenvalue weighted by atomic mass is 10.1. The summed E-state index contributed by atoms with van der Waals surface area (Å²) in [5, 5.41) is 9.22. The van der Waals surface area contributed by atoms with E-state index in [1.807, 2.05) is 25.1 Å². The van der Waals surface area contributed by atoms with E-state index in [-0.39, 0.29) is 5.50 Å². The van der Waals surface area contributed by atoms with Gasteiger partial charge in [0.1, 0.15) is 0 Å². The lowest BCUT2D eigenvalue weighted by Crippen LogP contribution is -2.34. The molecule has 0 aliphatic carbocycles. The SMILES string of the molecule is C/C(=N\NC1SC=C(c2ccc3ccccc3c2)N1C)c1ccccn1. The normalized spacial score (nSPS) is 17.5. The van der Waals surface area contributed by atoms with Crippen LogP contribution in [0.5, 0.6) is 0 Å². The summed E-state index contributed by atoms with van der Waals surface area (Å²) >= 11 is 1.72. The molecule has 0 radical (unpaired) electrons. The van der Waals surface area contributed by atoms with Gasteiger partial charge in [-0.3, -0.25) is 10.4 Å². The summed E-state index contributed by atoms with van der Waals surface area (Å²) in [4.78, 5) is 6.54. The van der Waals surface area contributed by atoms with Gasteiger partial charge in [0.15, 0.2) is 5.50 Å². The van der Waals surface area contributed by atoms with Crippen LogP contribution in [-0.4, -0.2) is 28.1 Å². The molecule has 1 unspecified atom stereocenters. The lowest BCUT2D eigenvalue weighted by molar-refractivity contribution is 0.404. The minimum absolute atomic E-state index is 0.0649. The molecule has 2 aromatic carbocycles. The Kier molecular flexibility index (Phi) is 4.63. The van der Waals surface area contributed by atoms with Crippen molar-refractivity contribution >= 4 is 33.9 Å². The van der Waals surface area contributed by atoms with Gasteiger partial charge in [0, 0.05) is 13.2 Å². The van der Waals surface area contributed by atoms with Crippen LogP contribution < -0.4 is 5.43 Å². The van der Waals surface area contributed by atoms with Crippen molar-refractivity contribution in [1.82, 2.24) is 15.3 Å². The van der Waals surface area contributed by atoms with Crippen LogP contribution in [0, 0.1) is 0 Å². The molecule has 1 atom stereocenters. The maximum atomic E-state index is 4.51. The summed E-state index contributed by atoms with van der Waals surface area (Å²) in [6.45, 7) is 1.96. The highest BCUT2D eigenvalue weighted by atomic mass is 32.2. The standard InChI is InChI=1S/C21H20N4S/c1-15(19-9-5-6-12-22-19)23-24-21-25(2)20(14-26-21)18-11-10-16-7-3-4-8-17(16)13-18/h3-14,21,24H,1-2H3/b23-15+. The van der Waals surface area contributed by atoms with Crippen molar-refractivity contribution in [2.75, 3.05) is 7.05 Å². The summed E-state index contributed by atoms with van der Waals surface area (Å²) in [7, 11) is 2.09. The molecule has 1 aromatic heterocycles. The molecule has 2 heterocycles. The molecule has 4 nitrogen and oxygen atoms in total. The van der Waals surface area contributed by atoms with Crippen molar-refractivity contribution in [3.8, 4) is 0 Å². The molecule has 5 heteroatoms. The van der Waals surface area contributed by atoms with Gasteiger partial charge in [-0.25, -0.2) is 0 Å². The van der Waals surface area contributed by atoms with Crippen molar-refractivity contribution < 1.29 is 0 Å². The zero-order valence-electron chi connectivity index (χ0n) is 14.8. The fourth-order valence-corrected chi connectivity index (χ4v) is 3.92. The number of nitrogens with one attached hydrogen (secondary N) is 1. The van der Waals surface area contributed by atoms with Crippen LogP contribution in [0.15, 0.2) is 77.4 Å². The van der Waals surface area contributed by atoms with E-state index in [1.54, 1.807) is 18.0 Å². The van der Waals surface area contributed by atoms with E-state index in [9.17, 15) is 0 Å². The highest BCUT2D eigenvalue weighted by molar-refractivity contribution is 8.03. The predicted octanol–water partition coefficient (Wildman–Crippen LogP) is 4.51. The summed E-state index contributed by atoms with van der Waals surface area (Å²) in [5.41, 5.74) is 7.49. The molecule has 0 saturated carbocycles.